The Hall–Kier alpha value is -3.80. The number of ketones is 1. The van der Waals surface area contributed by atoms with Crippen molar-refractivity contribution >= 4 is 11.9 Å². The second kappa shape index (κ2) is 8.29. The molecule has 0 radical (unpaired) electrons. The van der Waals surface area contributed by atoms with Crippen LogP contribution in [-0.4, -0.2) is 20.0 Å². The van der Waals surface area contributed by atoms with Gasteiger partial charge in [0.2, 0.25) is 5.78 Å². The molecule has 0 saturated heterocycles. The SMILES string of the molecule is COc1ccc(C=C2Oc3cc(OCc4ccccc4F)ccc3C2=O)c(OC)c1. The first-order valence-corrected chi connectivity index (χ1v) is 9.25. The van der Waals surface area contributed by atoms with Crippen LogP contribution in [-0.2, 0) is 6.61 Å². The summed E-state index contributed by atoms with van der Waals surface area (Å²) in [6, 6.07) is 16.6. The standard InChI is InChI=1S/C24H19FO5/c1-27-17-8-7-15(21(12-17)28-2)11-23-24(26)19-10-9-18(13-22(19)30-23)29-14-16-5-3-4-6-20(16)25/h3-13H,14H2,1-2H3. The Labute approximate surface area is 173 Å². The Morgan fingerprint density at radius 3 is 2.53 bits per heavy atom. The fourth-order valence-electron chi connectivity index (χ4n) is 3.11. The van der Waals surface area contributed by atoms with Crippen LogP contribution < -0.4 is 18.9 Å². The lowest BCUT2D eigenvalue weighted by Gasteiger charge is -2.08. The van der Waals surface area contributed by atoms with Gasteiger partial charge >= 0.3 is 0 Å². The summed E-state index contributed by atoms with van der Waals surface area (Å²) in [5.74, 6) is 1.69. The molecule has 4 rings (SSSR count). The second-order valence-corrected chi connectivity index (χ2v) is 6.59. The molecule has 0 N–H and O–H groups in total. The van der Waals surface area contributed by atoms with Gasteiger partial charge in [-0.1, -0.05) is 18.2 Å². The highest BCUT2D eigenvalue weighted by Crippen LogP contribution is 2.36. The fraction of sp³-hybridized carbons (Fsp3) is 0.125. The third-order valence-corrected chi connectivity index (χ3v) is 4.72. The van der Waals surface area contributed by atoms with E-state index >= 15 is 0 Å². The Bertz CT molecular complexity index is 1140. The maximum absolute atomic E-state index is 13.8. The molecule has 5 nitrogen and oxygen atoms in total. The van der Waals surface area contributed by atoms with Crippen molar-refractivity contribution in [3.63, 3.8) is 0 Å². The molecule has 3 aromatic carbocycles. The van der Waals surface area contributed by atoms with E-state index in [1.807, 2.05) is 0 Å². The van der Waals surface area contributed by atoms with Gasteiger partial charge in [-0.15, -0.1) is 0 Å². The van der Waals surface area contributed by atoms with Gasteiger partial charge in [0.15, 0.2) is 5.76 Å². The van der Waals surface area contributed by atoms with Crippen LogP contribution in [0.3, 0.4) is 0 Å². The summed E-state index contributed by atoms with van der Waals surface area (Å²) in [5.41, 5.74) is 1.57. The zero-order chi connectivity index (χ0) is 21.1. The lowest BCUT2D eigenvalue weighted by Crippen LogP contribution is -1.99. The fourth-order valence-corrected chi connectivity index (χ4v) is 3.11. The Kier molecular flexibility index (Phi) is 5.39. The summed E-state index contributed by atoms with van der Waals surface area (Å²) in [7, 11) is 3.11. The third-order valence-electron chi connectivity index (χ3n) is 4.72. The van der Waals surface area contributed by atoms with Gasteiger partial charge in [-0.05, 0) is 36.4 Å². The Morgan fingerprint density at radius 1 is 0.967 bits per heavy atom. The minimum Gasteiger partial charge on any atom is -0.497 e. The van der Waals surface area contributed by atoms with E-state index in [-0.39, 0.29) is 24.0 Å². The number of carbonyl (C=O) groups excluding carboxylic acids is 1. The zero-order valence-electron chi connectivity index (χ0n) is 16.5. The van der Waals surface area contributed by atoms with Gasteiger partial charge in [0.1, 0.15) is 35.4 Å². The first kappa shape index (κ1) is 19.5. The second-order valence-electron chi connectivity index (χ2n) is 6.59. The predicted molar refractivity (Wildman–Crippen MR) is 110 cm³/mol. The molecule has 0 bridgehead atoms. The largest absolute Gasteiger partial charge is 0.497 e. The minimum atomic E-state index is -0.330. The maximum Gasteiger partial charge on any atom is 0.231 e. The van der Waals surface area contributed by atoms with Crippen LogP contribution in [0.15, 0.2) is 66.4 Å². The molecule has 1 heterocycles. The Balaban J connectivity index is 1.54. The molecule has 0 aromatic heterocycles. The zero-order valence-corrected chi connectivity index (χ0v) is 16.5. The number of hydrogen-bond acceptors (Lipinski definition) is 5. The van der Waals surface area contributed by atoms with E-state index < -0.39 is 0 Å². The molecule has 6 heteroatoms. The number of fused-ring (bicyclic) bond motifs is 1. The van der Waals surface area contributed by atoms with Gasteiger partial charge in [0, 0.05) is 23.3 Å². The van der Waals surface area contributed by atoms with Gasteiger partial charge in [0.05, 0.1) is 19.8 Å². The van der Waals surface area contributed by atoms with Crippen LogP contribution in [0.2, 0.25) is 0 Å². The van der Waals surface area contributed by atoms with Gasteiger partial charge in [0.25, 0.3) is 0 Å². The third kappa shape index (κ3) is 3.85. The van der Waals surface area contributed by atoms with Gasteiger partial charge in [-0.3, -0.25) is 4.79 Å². The van der Waals surface area contributed by atoms with Crippen LogP contribution in [0.5, 0.6) is 23.0 Å². The highest BCUT2D eigenvalue weighted by molar-refractivity contribution is 6.14. The van der Waals surface area contributed by atoms with Crippen molar-refractivity contribution in [3.05, 3.63) is 88.9 Å². The number of carbonyl (C=O) groups is 1. The molecule has 1 aliphatic heterocycles. The monoisotopic (exact) mass is 406 g/mol. The molecule has 0 unspecified atom stereocenters. The van der Waals surface area contributed by atoms with E-state index in [1.54, 1.807) is 74.9 Å². The first-order valence-electron chi connectivity index (χ1n) is 9.25. The van der Waals surface area contributed by atoms with Gasteiger partial charge in [-0.2, -0.15) is 0 Å². The van der Waals surface area contributed by atoms with Crippen molar-refractivity contribution in [2.24, 2.45) is 0 Å². The van der Waals surface area contributed by atoms with Crippen molar-refractivity contribution in [1.82, 2.24) is 0 Å². The average molecular weight is 406 g/mol. The van der Waals surface area contributed by atoms with Crippen molar-refractivity contribution in [2.75, 3.05) is 14.2 Å². The van der Waals surface area contributed by atoms with Crippen LogP contribution in [0.4, 0.5) is 4.39 Å². The number of benzene rings is 3. The molecule has 0 aliphatic carbocycles. The van der Waals surface area contributed by atoms with Gasteiger partial charge < -0.3 is 18.9 Å². The number of ether oxygens (including phenoxy) is 4. The number of Topliss-reactive ketones (excluding diaryl/α,β-unsaturated/α-hetero) is 1. The van der Waals surface area contributed by atoms with Crippen LogP contribution >= 0.6 is 0 Å². The summed E-state index contributed by atoms with van der Waals surface area (Å²) in [4.78, 5) is 12.7. The molecule has 1 aliphatic rings. The number of hydrogen-bond donors (Lipinski definition) is 0. The van der Waals surface area contributed by atoms with Crippen molar-refractivity contribution in [1.29, 1.82) is 0 Å². The molecule has 3 aromatic rings. The normalized spacial score (nSPS) is 13.7. The summed E-state index contributed by atoms with van der Waals surface area (Å²) < 4.78 is 35.8. The van der Waals surface area contributed by atoms with E-state index in [2.05, 4.69) is 0 Å². The summed E-state index contributed by atoms with van der Waals surface area (Å²) in [6.07, 6.45) is 1.63. The van der Waals surface area contributed by atoms with E-state index in [0.717, 1.165) is 0 Å². The molecular formula is C24H19FO5. The smallest absolute Gasteiger partial charge is 0.231 e. The highest BCUT2D eigenvalue weighted by atomic mass is 19.1. The van der Waals surface area contributed by atoms with E-state index in [1.165, 1.54) is 6.07 Å². The molecule has 0 amide bonds. The quantitative estimate of drug-likeness (QED) is 0.537. The van der Waals surface area contributed by atoms with Crippen molar-refractivity contribution in [3.8, 4) is 23.0 Å². The van der Waals surface area contributed by atoms with Gasteiger partial charge in [-0.25, -0.2) is 4.39 Å². The molecule has 0 spiro atoms. The molecular weight excluding hydrogens is 387 g/mol. The summed E-state index contributed by atoms with van der Waals surface area (Å²) >= 11 is 0. The molecule has 30 heavy (non-hydrogen) atoms. The molecule has 0 saturated carbocycles. The maximum atomic E-state index is 13.8. The number of halogens is 1. The summed E-state index contributed by atoms with van der Waals surface area (Å²) in [5, 5.41) is 0. The van der Waals surface area contributed by atoms with E-state index in [4.69, 9.17) is 18.9 Å². The lowest BCUT2D eigenvalue weighted by atomic mass is 10.1. The number of rotatable bonds is 6. The molecule has 0 atom stereocenters. The van der Waals surface area contributed by atoms with E-state index in [0.29, 0.717) is 39.7 Å². The predicted octanol–water partition coefficient (Wildman–Crippen LogP) is 5.04. The topological polar surface area (TPSA) is 54.0 Å². The molecule has 152 valence electrons. The number of allylic oxidation sites excluding steroid dienone is 1. The van der Waals surface area contributed by atoms with Crippen LogP contribution in [0.1, 0.15) is 21.5 Å². The summed E-state index contributed by atoms with van der Waals surface area (Å²) in [6.45, 7) is 0.0746. The first-order chi connectivity index (χ1) is 14.6. The Morgan fingerprint density at radius 2 is 1.77 bits per heavy atom. The van der Waals surface area contributed by atoms with Crippen LogP contribution in [0, 0.1) is 5.82 Å². The molecule has 0 fully saturated rings. The number of methoxy groups -OCH3 is 2. The van der Waals surface area contributed by atoms with Crippen LogP contribution in [0.25, 0.3) is 6.08 Å². The average Bonchev–Trinajstić information content (AvgIpc) is 3.08. The van der Waals surface area contributed by atoms with Crippen molar-refractivity contribution < 1.29 is 28.1 Å². The van der Waals surface area contributed by atoms with Crippen molar-refractivity contribution in [2.45, 2.75) is 6.61 Å². The lowest BCUT2D eigenvalue weighted by molar-refractivity contribution is 0.101. The highest BCUT2D eigenvalue weighted by Gasteiger charge is 2.28. The minimum absolute atomic E-state index is 0.0746. The van der Waals surface area contributed by atoms with E-state index in [9.17, 15) is 9.18 Å².